The van der Waals surface area contributed by atoms with Gasteiger partial charge in [-0.2, -0.15) is 13.2 Å². The molecule has 3 amide bonds. The Morgan fingerprint density at radius 2 is 1.59 bits per heavy atom. The van der Waals surface area contributed by atoms with Gasteiger partial charge in [-0.05, 0) is 36.6 Å². The van der Waals surface area contributed by atoms with Gasteiger partial charge < -0.3 is 5.32 Å². The summed E-state index contributed by atoms with van der Waals surface area (Å²) in [4.78, 5) is 35.5. The monoisotopic (exact) mass is 415 g/mol. The van der Waals surface area contributed by atoms with E-state index in [1.807, 2.05) is 0 Å². The number of hydrogen-bond donors (Lipinski definition) is 3. The molecule has 0 saturated carbocycles. The third-order valence-electron chi connectivity index (χ3n) is 4.50. The molecule has 0 spiro atoms. The van der Waals surface area contributed by atoms with E-state index in [4.69, 9.17) is 0 Å². The van der Waals surface area contributed by atoms with Crippen molar-refractivity contribution in [2.45, 2.75) is 58.5 Å². The highest BCUT2D eigenvalue weighted by Crippen LogP contribution is 2.29. The summed E-state index contributed by atoms with van der Waals surface area (Å²) in [7, 11) is 0. The molecule has 1 aromatic carbocycles. The van der Waals surface area contributed by atoms with Gasteiger partial charge in [0.25, 0.3) is 5.91 Å². The van der Waals surface area contributed by atoms with Crippen molar-refractivity contribution in [3.8, 4) is 0 Å². The van der Waals surface area contributed by atoms with Crippen molar-refractivity contribution in [2.75, 3.05) is 6.54 Å². The lowest BCUT2D eigenvalue weighted by atomic mass is 9.99. The number of hydrazine groups is 1. The van der Waals surface area contributed by atoms with E-state index in [1.54, 1.807) is 0 Å². The Morgan fingerprint density at radius 3 is 2.14 bits per heavy atom. The third kappa shape index (κ3) is 9.45. The molecule has 29 heavy (non-hydrogen) atoms. The molecule has 0 aliphatic rings. The van der Waals surface area contributed by atoms with Crippen LogP contribution in [0.15, 0.2) is 24.3 Å². The summed E-state index contributed by atoms with van der Waals surface area (Å²) in [5.74, 6) is -1.16. The number of carbonyl (C=O) groups excluding carboxylic acids is 3. The molecule has 1 atom stereocenters. The topological polar surface area (TPSA) is 87.3 Å². The van der Waals surface area contributed by atoms with Gasteiger partial charge in [0.1, 0.15) is 0 Å². The van der Waals surface area contributed by atoms with Crippen LogP contribution in [0.3, 0.4) is 0 Å². The highest BCUT2D eigenvalue weighted by molar-refractivity contribution is 5.95. The van der Waals surface area contributed by atoms with Gasteiger partial charge in [0.05, 0.1) is 5.56 Å². The van der Waals surface area contributed by atoms with Crippen molar-refractivity contribution in [3.05, 3.63) is 35.4 Å². The Balaban J connectivity index is 2.32. The SMILES string of the molecule is CCCC[C@H](CC)CNC(=O)CCC(=O)NNC(=O)c1ccc(C(F)(F)F)cc1. The van der Waals surface area contributed by atoms with Crippen molar-refractivity contribution in [3.63, 3.8) is 0 Å². The molecular weight excluding hydrogens is 387 g/mol. The molecule has 162 valence electrons. The fourth-order valence-electron chi connectivity index (χ4n) is 2.59. The molecule has 6 nitrogen and oxygen atoms in total. The molecule has 0 fully saturated rings. The summed E-state index contributed by atoms with van der Waals surface area (Å²) in [5.41, 5.74) is 3.35. The second-order valence-electron chi connectivity index (χ2n) is 6.80. The number of halogens is 3. The van der Waals surface area contributed by atoms with E-state index in [0.29, 0.717) is 12.5 Å². The Hall–Kier alpha value is -2.58. The lowest BCUT2D eigenvalue weighted by Gasteiger charge is -2.15. The molecule has 0 radical (unpaired) electrons. The molecule has 0 saturated heterocycles. The second-order valence-corrected chi connectivity index (χ2v) is 6.80. The van der Waals surface area contributed by atoms with Gasteiger partial charge in [-0.25, -0.2) is 0 Å². The normalized spacial score (nSPS) is 12.2. The van der Waals surface area contributed by atoms with Gasteiger partial charge in [0.15, 0.2) is 0 Å². The molecular formula is C20H28F3N3O3. The molecule has 1 rings (SSSR count). The predicted octanol–water partition coefficient (Wildman–Crippen LogP) is 3.58. The number of alkyl halides is 3. The van der Waals surface area contributed by atoms with Crippen molar-refractivity contribution >= 4 is 17.7 Å². The predicted molar refractivity (Wildman–Crippen MR) is 103 cm³/mol. The van der Waals surface area contributed by atoms with Gasteiger partial charge in [-0.1, -0.05) is 33.1 Å². The van der Waals surface area contributed by atoms with Crippen LogP contribution in [0.4, 0.5) is 13.2 Å². The van der Waals surface area contributed by atoms with Crippen LogP contribution in [0.1, 0.15) is 68.3 Å². The van der Waals surface area contributed by atoms with Crippen LogP contribution in [0.2, 0.25) is 0 Å². The van der Waals surface area contributed by atoms with E-state index in [2.05, 4.69) is 30.0 Å². The minimum absolute atomic E-state index is 0.0216. The number of hydrogen-bond acceptors (Lipinski definition) is 3. The summed E-state index contributed by atoms with van der Waals surface area (Å²) in [6.45, 7) is 4.75. The van der Waals surface area contributed by atoms with Crippen LogP contribution in [0, 0.1) is 5.92 Å². The van der Waals surface area contributed by atoms with Gasteiger partial charge in [-0.15, -0.1) is 0 Å². The first-order valence-corrected chi connectivity index (χ1v) is 9.70. The average molecular weight is 415 g/mol. The molecule has 1 aromatic rings. The number of unbranched alkanes of at least 4 members (excludes halogenated alkanes) is 1. The minimum atomic E-state index is -4.49. The Labute approximate surface area is 168 Å². The zero-order chi connectivity index (χ0) is 21.9. The summed E-state index contributed by atoms with van der Waals surface area (Å²) < 4.78 is 37.5. The van der Waals surface area contributed by atoms with Gasteiger partial charge in [0, 0.05) is 24.9 Å². The number of rotatable bonds is 10. The van der Waals surface area contributed by atoms with Crippen LogP contribution in [0.5, 0.6) is 0 Å². The molecule has 9 heteroatoms. The summed E-state index contributed by atoms with van der Waals surface area (Å²) in [6, 6.07) is 3.59. The Morgan fingerprint density at radius 1 is 0.966 bits per heavy atom. The number of nitrogens with one attached hydrogen (secondary N) is 3. The first kappa shape index (κ1) is 24.5. The van der Waals surface area contributed by atoms with E-state index in [-0.39, 0.29) is 24.3 Å². The van der Waals surface area contributed by atoms with Crippen LogP contribution >= 0.6 is 0 Å². The maximum atomic E-state index is 12.5. The molecule has 0 aromatic heterocycles. The highest BCUT2D eigenvalue weighted by atomic mass is 19.4. The number of benzene rings is 1. The summed E-state index contributed by atoms with van der Waals surface area (Å²) >= 11 is 0. The lowest BCUT2D eigenvalue weighted by molar-refractivity contribution is -0.137. The zero-order valence-electron chi connectivity index (χ0n) is 16.7. The fourth-order valence-corrected chi connectivity index (χ4v) is 2.59. The largest absolute Gasteiger partial charge is 0.416 e. The summed E-state index contributed by atoms with van der Waals surface area (Å²) in [5, 5.41) is 2.81. The smallest absolute Gasteiger partial charge is 0.356 e. The van der Waals surface area contributed by atoms with E-state index in [1.165, 1.54) is 0 Å². The lowest BCUT2D eigenvalue weighted by Crippen LogP contribution is -2.42. The molecule has 0 bridgehead atoms. The number of carbonyl (C=O) groups is 3. The van der Waals surface area contributed by atoms with E-state index < -0.39 is 23.6 Å². The standard InChI is InChI=1S/C20H28F3N3O3/c1-3-5-6-14(4-2)13-24-17(27)11-12-18(28)25-26-19(29)15-7-9-16(10-8-15)20(21,22)23/h7-10,14H,3-6,11-13H2,1-2H3,(H,24,27)(H,25,28)(H,26,29)/t14-/m0/s1. The molecule has 0 aliphatic carbocycles. The maximum Gasteiger partial charge on any atom is 0.416 e. The van der Waals surface area contributed by atoms with Crippen LogP contribution in [-0.4, -0.2) is 24.3 Å². The second kappa shape index (κ2) is 12.1. The van der Waals surface area contributed by atoms with Crippen LogP contribution < -0.4 is 16.2 Å². The van der Waals surface area contributed by atoms with Crippen molar-refractivity contribution in [2.24, 2.45) is 5.92 Å². The van der Waals surface area contributed by atoms with E-state index in [9.17, 15) is 27.6 Å². The average Bonchev–Trinajstić information content (AvgIpc) is 2.70. The minimum Gasteiger partial charge on any atom is -0.356 e. The summed E-state index contributed by atoms with van der Waals surface area (Å²) in [6.07, 6.45) is -0.410. The van der Waals surface area contributed by atoms with E-state index >= 15 is 0 Å². The first-order chi connectivity index (χ1) is 13.7. The fraction of sp³-hybridized carbons (Fsp3) is 0.550. The molecule has 0 heterocycles. The van der Waals surface area contributed by atoms with Crippen LogP contribution in [-0.2, 0) is 15.8 Å². The zero-order valence-corrected chi connectivity index (χ0v) is 16.7. The van der Waals surface area contributed by atoms with Crippen molar-refractivity contribution < 1.29 is 27.6 Å². The quantitative estimate of drug-likeness (QED) is 0.511. The Bertz CT molecular complexity index is 676. The van der Waals surface area contributed by atoms with Crippen molar-refractivity contribution in [1.29, 1.82) is 0 Å². The van der Waals surface area contributed by atoms with Gasteiger partial charge in [0.2, 0.25) is 11.8 Å². The Kier molecular flexibility index (Phi) is 10.2. The third-order valence-corrected chi connectivity index (χ3v) is 4.50. The maximum absolute atomic E-state index is 12.5. The molecule has 3 N–H and O–H groups in total. The van der Waals surface area contributed by atoms with E-state index in [0.717, 1.165) is 49.9 Å². The highest BCUT2D eigenvalue weighted by Gasteiger charge is 2.30. The number of amides is 3. The van der Waals surface area contributed by atoms with Gasteiger partial charge in [-0.3, -0.25) is 25.2 Å². The molecule has 0 unspecified atom stereocenters. The van der Waals surface area contributed by atoms with Crippen molar-refractivity contribution in [1.82, 2.24) is 16.2 Å². The van der Waals surface area contributed by atoms with Gasteiger partial charge >= 0.3 is 6.18 Å². The first-order valence-electron chi connectivity index (χ1n) is 9.70. The van der Waals surface area contributed by atoms with Crippen LogP contribution in [0.25, 0.3) is 0 Å². The molecule has 0 aliphatic heterocycles.